The quantitative estimate of drug-likeness (QED) is 0.451. The maximum Gasteiger partial charge on any atom is 0.242 e. The molecule has 3 aromatic rings. The van der Waals surface area contributed by atoms with E-state index in [1.165, 1.54) is 30.2 Å². The van der Waals surface area contributed by atoms with Gasteiger partial charge in [-0.2, -0.15) is 0 Å². The Labute approximate surface area is 194 Å². The van der Waals surface area contributed by atoms with Gasteiger partial charge in [0.1, 0.15) is 0 Å². The standard InChI is InChI=1S/C23H30N4O3S2/c1-5-6-14-27-21-13-12-19(32(29,30)26(3)4)15-20(21)25-23(27)31-17(2)22(28)24-16-18-10-8-7-9-11-18/h7-13,15,17H,5-6,14,16H2,1-4H3,(H,24,28). The molecule has 1 heterocycles. The van der Waals surface area contributed by atoms with Crippen molar-refractivity contribution in [2.45, 2.75) is 55.1 Å². The molecule has 0 fully saturated rings. The van der Waals surface area contributed by atoms with Gasteiger partial charge < -0.3 is 9.88 Å². The Hall–Kier alpha value is -2.36. The molecule has 1 N–H and O–H groups in total. The predicted molar refractivity (Wildman–Crippen MR) is 129 cm³/mol. The average molecular weight is 475 g/mol. The third-order valence-electron chi connectivity index (χ3n) is 5.16. The normalized spacial score (nSPS) is 12.9. The van der Waals surface area contributed by atoms with E-state index in [0.717, 1.165) is 35.6 Å². The molecule has 172 valence electrons. The molecule has 2 aromatic carbocycles. The number of hydrogen-bond acceptors (Lipinski definition) is 5. The average Bonchev–Trinajstić information content (AvgIpc) is 3.12. The number of unbranched alkanes of at least 4 members (excludes halogenated alkanes) is 1. The van der Waals surface area contributed by atoms with Crippen LogP contribution in [-0.2, 0) is 27.9 Å². The monoisotopic (exact) mass is 474 g/mol. The fourth-order valence-corrected chi connectivity index (χ4v) is 5.12. The molecule has 0 bridgehead atoms. The largest absolute Gasteiger partial charge is 0.351 e. The molecule has 0 aliphatic carbocycles. The SMILES string of the molecule is CCCCn1c(SC(C)C(=O)NCc2ccccc2)nc2cc(S(=O)(=O)N(C)C)ccc21. The molecule has 0 radical (unpaired) electrons. The van der Waals surface area contributed by atoms with E-state index in [2.05, 4.69) is 16.8 Å². The van der Waals surface area contributed by atoms with Crippen molar-refractivity contribution in [2.24, 2.45) is 0 Å². The first-order chi connectivity index (χ1) is 15.2. The summed E-state index contributed by atoms with van der Waals surface area (Å²) in [5.41, 5.74) is 2.53. The van der Waals surface area contributed by atoms with Crippen LogP contribution in [0, 0.1) is 0 Å². The van der Waals surface area contributed by atoms with Crippen molar-refractivity contribution in [1.82, 2.24) is 19.2 Å². The van der Waals surface area contributed by atoms with Crippen LogP contribution in [0.2, 0.25) is 0 Å². The van der Waals surface area contributed by atoms with Gasteiger partial charge >= 0.3 is 0 Å². The molecule has 9 heteroatoms. The number of benzene rings is 2. The van der Waals surface area contributed by atoms with E-state index in [-0.39, 0.29) is 16.1 Å². The Balaban J connectivity index is 1.84. The first-order valence-corrected chi connectivity index (χ1v) is 13.0. The summed E-state index contributed by atoms with van der Waals surface area (Å²) in [6.45, 7) is 5.21. The number of carbonyl (C=O) groups excluding carboxylic acids is 1. The Kier molecular flexibility index (Phi) is 7.97. The highest BCUT2D eigenvalue weighted by molar-refractivity contribution is 8.00. The number of hydrogen-bond donors (Lipinski definition) is 1. The van der Waals surface area contributed by atoms with Gasteiger partial charge in [-0.05, 0) is 37.1 Å². The minimum absolute atomic E-state index is 0.0659. The Morgan fingerprint density at radius 1 is 1.19 bits per heavy atom. The summed E-state index contributed by atoms with van der Waals surface area (Å²) >= 11 is 1.39. The minimum atomic E-state index is -3.55. The summed E-state index contributed by atoms with van der Waals surface area (Å²) in [4.78, 5) is 17.6. The van der Waals surface area contributed by atoms with Gasteiger partial charge in [-0.1, -0.05) is 55.4 Å². The molecular formula is C23H30N4O3S2. The maximum atomic E-state index is 12.7. The van der Waals surface area contributed by atoms with Gasteiger partial charge in [0.25, 0.3) is 0 Å². The summed E-state index contributed by atoms with van der Waals surface area (Å²) in [6, 6.07) is 14.8. The Morgan fingerprint density at radius 2 is 1.91 bits per heavy atom. The van der Waals surface area contributed by atoms with Crippen LogP contribution in [-0.4, -0.2) is 47.5 Å². The van der Waals surface area contributed by atoms with Crippen LogP contribution in [0.15, 0.2) is 58.6 Å². The first kappa shape index (κ1) is 24.3. The zero-order valence-electron chi connectivity index (χ0n) is 18.9. The molecule has 0 aliphatic heterocycles. The summed E-state index contributed by atoms with van der Waals surface area (Å²) < 4.78 is 28.3. The number of aryl methyl sites for hydroxylation is 1. The molecular weight excluding hydrogens is 444 g/mol. The second kappa shape index (κ2) is 10.5. The van der Waals surface area contributed by atoms with Crippen LogP contribution in [0.3, 0.4) is 0 Å². The van der Waals surface area contributed by atoms with Gasteiger partial charge in [-0.25, -0.2) is 17.7 Å². The molecule has 1 amide bonds. The molecule has 0 aliphatic rings. The smallest absolute Gasteiger partial charge is 0.242 e. The van der Waals surface area contributed by atoms with Crippen LogP contribution in [0.1, 0.15) is 32.3 Å². The van der Waals surface area contributed by atoms with Crippen LogP contribution in [0.4, 0.5) is 0 Å². The van der Waals surface area contributed by atoms with Crippen LogP contribution >= 0.6 is 11.8 Å². The number of fused-ring (bicyclic) bond motifs is 1. The highest BCUT2D eigenvalue weighted by Gasteiger charge is 2.22. The van der Waals surface area contributed by atoms with Crippen LogP contribution in [0.5, 0.6) is 0 Å². The third-order valence-corrected chi connectivity index (χ3v) is 8.06. The minimum Gasteiger partial charge on any atom is -0.351 e. The summed E-state index contributed by atoms with van der Waals surface area (Å²) in [7, 11) is -0.525. The lowest BCUT2D eigenvalue weighted by Crippen LogP contribution is -2.30. The third kappa shape index (κ3) is 5.51. The zero-order valence-corrected chi connectivity index (χ0v) is 20.5. The molecule has 3 rings (SSSR count). The molecule has 7 nitrogen and oxygen atoms in total. The van der Waals surface area contributed by atoms with Crippen molar-refractivity contribution in [3.8, 4) is 0 Å². The second-order valence-corrected chi connectivity index (χ2v) is 11.3. The summed E-state index contributed by atoms with van der Waals surface area (Å²) in [6.07, 6.45) is 1.98. The van der Waals surface area contributed by atoms with E-state index in [4.69, 9.17) is 4.98 Å². The molecule has 0 saturated heterocycles. The molecule has 1 atom stereocenters. The number of imidazole rings is 1. The van der Waals surface area contributed by atoms with Crippen molar-refractivity contribution in [1.29, 1.82) is 0 Å². The Bertz CT molecular complexity index is 1170. The molecule has 1 unspecified atom stereocenters. The highest BCUT2D eigenvalue weighted by Crippen LogP contribution is 2.29. The van der Waals surface area contributed by atoms with Gasteiger partial charge in [-0.15, -0.1) is 0 Å². The van der Waals surface area contributed by atoms with Crippen molar-refractivity contribution in [3.63, 3.8) is 0 Å². The molecule has 0 saturated carbocycles. The van der Waals surface area contributed by atoms with Gasteiger partial charge in [-0.3, -0.25) is 4.79 Å². The molecule has 1 aromatic heterocycles. The van der Waals surface area contributed by atoms with Crippen LogP contribution < -0.4 is 5.32 Å². The van der Waals surface area contributed by atoms with E-state index in [1.54, 1.807) is 18.2 Å². The van der Waals surface area contributed by atoms with E-state index in [9.17, 15) is 13.2 Å². The van der Waals surface area contributed by atoms with Gasteiger partial charge in [0.15, 0.2) is 5.16 Å². The van der Waals surface area contributed by atoms with E-state index >= 15 is 0 Å². The number of sulfonamides is 1. The Morgan fingerprint density at radius 3 is 2.56 bits per heavy atom. The number of carbonyl (C=O) groups is 1. The molecule has 32 heavy (non-hydrogen) atoms. The van der Waals surface area contributed by atoms with Crippen LogP contribution in [0.25, 0.3) is 11.0 Å². The lowest BCUT2D eigenvalue weighted by atomic mass is 10.2. The van der Waals surface area contributed by atoms with Crippen molar-refractivity contribution in [2.75, 3.05) is 14.1 Å². The predicted octanol–water partition coefficient (Wildman–Crippen LogP) is 3.88. The van der Waals surface area contributed by atoms with Crippen molar-refractivity contribution >= 4 is 38.7 Å². The number of thioether (sulfide) groups is 1. The van der Waals surface area contributed by atoms with E-state index < -0.39 is 10.0 Å². The number of nitrogens with zero attached hydrogens (tertiary/aromatic N) is 3. The maximum absolute atomic E-state index is 12.7. The number of nitrogens with one attached hydrogen (secondary N) is 1. The fourth-order valence-electron chi connectivity index (χ4n) is 3.22. The zero-order chi connectivity index (χ0) is 23.3. The number of aromatic nitrogens is 2. The summed E-state index contributed by atoms with van der Waals surface area (Å²) in [5.74, 6) is -0.0659. The second-order valence-electron chi connectivity index (χ2n) is 7.80. The topological polar surface area (TPSA) is 84.3 Å². The number of rotatable bonds is 10. The van der Waals surface area contributed by atoms with Gasteiger partial charge in [0.2, 0.25) is 15.9 Å². The van der Waals surface area contributed by atoms with Gasteiger partial charge in [0.05, 0.1) is 21.2 Å². The number of amides is 1. The van der Waals surface area contributed by atoms with E-state index in [0.29, 0.717) is 12.1 Å². The van der Waals surface area contributed by atoms with Crippen molar-refractivity contribution < 1.29 is 13.2 Å². The van der Waals surface area contributed by atoms with E-state index in [1.807, 2.05) is 37.3 Å². The van der Waals surface area contributed by atoms with Gasteiger partial charge in [0, 0.05) is 27.2 Å². The highest BCUT2D eigenvalue weighted by atomic mass is 32.2. The summed E-state index contributed by atoms with van der Waals surface area (Å²) in [5, 5.41) is 3.35. The molecule has 0 spiro atoms. The lowest BCUT2D eigenvalue weighted by Gasteiger charge is -2.14. The van der Waals surface area contributed by atoms with Crippen molar-refractivity contribution in [3.05, 3.63) is 54.1 Å². The first-order valence-electron chi connectivity index (χ1n) is 10.6. The fraction of sp³-hybridized carbons (Fsp3) is 0.391. The lowest BCUT2D eigenvalue weighted by molar-refractivity contribution is -0.120.